The third kappa shape index (κ3) is 4.63. The zero-order chi connectivity index (χ0) is 27.0. The van der Waals surface area contributed by atoms with Crippen LogP contribution in [0.15, 0.2) is 42.5 Å². The molecule has 0 aliphatic carbocycles. The molecule has 0 radical (unpaired) electrons. The molecule has 2 amide bonds. The number of nitrogens with one attached hydrogen (secondary N) is 1. The van der Waals surface area contributed by atoms with Crippen LogP contribution in [0.25, 0.3) is 0 Å². The van der Waals surface area contributed by atoms with Crippen LogP contribution in [0.2, 0.25) is 0 Å². The lowest BCUT2D eigenvalue weighted by Crippen LogP contribution is -2.62. The van der Waals surface area contributed by atoms with Crippen molar-refractivity contribution in [2.24, 2.45) is 0 Å². The lowest BCUT2D eigenvalue weighted by atomic mass is 9.74. The maximum Gasteiger partial charge on any atom is 0.430 e. The zero-order valence-corrected chi connectivity index (χ0v) is 21.3. The normalized spacial score (nSPS) is 21.1. The molecule has 1 spiro atoms. The maximum absolute atomic E-state index is 14.6. The number of halogens is 3. The fourth-order valence-electron chi connectivity index (χ4n) is 5.68. The molecular weight excluding hydrogens is 489 g/mol. The summed E-state index contributed by atoms with van der Waals surface area (Å²) in [5.41, 5.74) is -2.41. The van der Waals surface area contributed by atoms with Crippen LogP contribution < -0.4 is 10.1 Å². The summed E-state index contributed by atoms with van der Waals surface area (Å²) in [6.07, 6.45) is -5.27. The molecule has 2 heterocycles. The van der Waals surface area contributed by atoms with Gasteiger partial charge in [0.05, 0.1) is 7.11 Å². The molecule has 0 bridgehead atoms. The molecule has 0 aromatic heterocycles. The second-order valence-electron chi connectivity index (χ2n) is 9.68. The summed E-state index contributed by atoms with van der Waals surface area (Å²) < 4.78 is 60.3. The molecule has 2 aliphatic rings. The van der Waals surface area contributed by atoms with Crippen LogP contribution in [0.4, 0.5) is 18.0 Å². The van der Waals surface area contributed by atoms with Crippen molar-refractivity contribution in [2.45, 2.75) is 50.0 Å². The van der Waals surface area contributed by atoms with Gasteiger partial charge in [-0.05, 0) is 19.9 Å². The number of methoxy groups -OCH3 is 2. The minimum atomic E-state index is -5.00. The molecule has 2 fully saturated rings. The van der Waals surface area contributed by atoms with E-state index in [-0.39, 0.29) is 44.0 Å². The molecule has 37 heavy (non-hydrogen) atoms. The molecule has 0 saturated carbocycles. The van der Waals surface area contributed by atoms with Gasteiger partial charge in [-0.25, -0.2) is 4.79 Å². The molecule has 2 aliphatic heterocycles. The molecule has 4 rings (SSSR count). The summed E-state index contributed by atoms with van der Waals surface area (Å²) in [6, 6.07) is 11.8. The quantitative estimate of drug-likeness (QED) is 0.624. The second kappa shape index (κ2) is 9.89. The lowest BCUT2D eigenvalue weighted by Gasteiger charge is -2.49. The van der Waals surface area contributed by atoms with E-state index in [1.165, 1.54) is 12.1 Å². The topological polar surface area (TPSA) is 77.1 Å². The number of piperidine rings is 1. The van der Waals surface area contributed by atoms with Gasteiger partial charge >= 0.3 is 12.3 Å². The number of nitrogens with zero attached hydrogens (tertiary/aromatic N) is 1. The van der Waals surface area contributed by atoms with Crippen LogP contribution in [-0.2, 0) is 19.9 Å². The number of ether oxygens (including phenoxy) is 3. The van der Waals surface area contributed by atoms with Gasteiger partial charge in [-0.15, -0.1) is 0 Å². The average Bonchev–Trinajstić information content (AvgIpc) is 2.84. The Kier molecular flexibility index (Phi) is 7.16. The number of aryl methyl sites for hydroxylation is 2. The number of carbonyl (C=O) groups excluding carboxylic acids is 2. The molecule has 2 atom stereocenters. The Morgan fingerprint density at radius 2 is 1.70 bits per heavy atom. The van der Waals surface area contributed by atoms with E-state index in [1.54, 1.807) is 33.1 Å². The van der Waals surface area contributed by atoms with Crippen molar-refractivity contribution in [1.29, 1.82) is 0 Å². The van der Waals surface area contributed by atoms with E-state index in [1.807, 2.05) is 18.2 Å². The molecule has 2 aromatic carbocycles. The number of para-hydroxylation sites is 1. The first-order valence-electron chi connectivity index (χ1n) is 12.1. The van der Waals surface area contributed by atoms with Crippen molar-refractivity contribution in [3.05, 3.63) is 64.7 Å². The smallest absolute Gasteiger partial charge is 0.430 e. The first-order chi connectivity index (χ1) is 17.5. The highest BCUT2D eigenvalue weighted by atomic mass is 19.4. The van der Waals surface area contributed by atoms with Crippen LogP contribution >= 0.6 is 0 Å². The average molecular weight is 521 g/mol. The van der Waals surface area contributed by atoms with E-state index in [9.17, 15) is 22.8 Å². The molecule has 2 saturated heterocycles. The van der Waals surface area contributed by atoms with Crippen LogP contribution in [0.1, 0.15) is 41.0 Å². The van der Waals surface area contributed by atoms with E-state index in [2.05, 4.69) is 5.32 Å². The predicted molar refractivity (Wildman–Crippen MR) is 129 cm³/mol. The van der Waals surface area contributed by atoms with Gasteiger partial charge in [-0.1, -0.05) is 47.5 Å². The Bertz CT molecular complexity index is 1160. The summed E-state index contributed by atoms with van der Waals surface area (Å²) in [5, 5.41) is 2.71. The van der Waals surface area contributed by atoms with E-state index in [0.717, 1.165) is 17.6 Å². The standard InChI is InChI=1S/C27H31F3N2O5/c1-17-13-18(2)15-19(14-17)26(36-4,27(28,29)30)23(33)32-11-9-25(10-12-32)21(16-31-24(34)37-25)20-7-5-6-8-22(20)35-3/h5-8,13-15,21H,9-12,16H2,1-4H3,(H,31,34). The number of rotatable bonds is 5. The van der Waals surface area contributed by atoms with Gasteiger partial charge in [-0.3, -0.25) is 4.79 Å². The Morgan fingerprint density at radius 3 is 2.27 bits per heavy atom. The number of hydrogen-bond acceptors (Lipinski definition) is 5. The summed E-state index contributed by atoms with van der Waals surface area (Å²) in [5.74, 6) is -0.875. The molecule has 10 heteroatoms. The van der Waals surface area contributed by atoms with Crippen molar-refractivity contribution < 1.29 is 37.0 Å². The van der Waals surface area contributed by atoms with Gasteiger partial charge in [0.2, 0.25) is 0 Å². The third-order valence-corrected chi connectivity index (χ3v) is 7.43. The number of likely N-dealkylation sites (tertiary alicyclic amines) is 1. The molecule has 2 unspecified atom stereocenters. The van der Waals surface area contributed by atoms with Crippen LogP contribution in [0.5, 0.6) is 5.75 Å². The van der Waals surface area contributed by atoms with Crippen LogP contribution in [-0.4, -0.2) is 62.5 Å². The predicted octanol–water partition coefficient (Wildman–Crippen LogP) is 4.60. The SMILES string of the molecule is COc1ccccc1C1CNC(=O)OC12CCN(C(=O)C(OC)(c1cc(C)cc(C)c1)C(F)(F)F)CC2. The van der Waals surface area contributed by atoms with Crippen LogP contribution in [0, 0.1) is 13.8 Å². The highest BCUT2D eigenvalue weighted by Crippen LogP contribution is 2.47. The minimum Gasteiger partial charge on any atom is -0.496 e. The first-order valence-corrected chi connectivity index (χ1v) is 12.1. The monoisotopic (exact) mass is 520 g/mol. The van der Waals surface area contributed by atoms with Crippen molar-refractivity contribution >= 4 is 12.0 Å². The van der Waals surface area contributed by atoms with E-state index in [4.69, 9.17) is 14.2 Å². The largest absolute Gasteiger partial charge is 0.496 e. The Balaban J connectivity index is 1.66. The van der Waals surface area contributed by atoms with E-state index >= 15 is 0 Å². The van der Waals surface area contributed by atoms with Crippen molar-refractivity contribution in [3.8, 4) is 5.75 Å². The minimum absolute atomic E-state index is 0.0379. The first kappa shape index (κ1) is 26.8. The highest BCUT2D eigenvalue weighted by molar-refractivity contribution is 5.88. The Labute approximate surface area is 213 Å². The molecule has 200 valence electrons. The van der Waals surface area contributed by atoms with Gasteiger partial charge in [0.1, 0.15) is 11.4 Å². The van der Waals surface area contributed by atoms with Gasteiger partial charge in [0.15, 0.2) is 0 Å². The molecular formula is C27H31F3N2O5. The van der Waals surface area contributed by atoms with Crippen LogP contribution in [0.3, 0.4) is 0 Å². The number of hydrogen-bond donors (Lipinski definition) is 1. The fraction of sp³-hybridized carbons (Fsp3) is 0.481. The van der Waals surface area contributed by atoms with Crippen molar-refractivity contribution in [1.82, 2.24) is 10.2 Å². The summed E-state index contributed by atoms with van der Waals surface area (Å²) in [6.45, 7) is 3.55. The van der Waals surface area contributed by atoms with Gasteiger partial charge < -0.3 is 24.4 Å². The Morgan fingerprint density at radius 1 is 1.08 bits per heavy atom. The zero-order valence-electron chi connectivity index (χ0n) is 21.3. The fourth-order valence-corrected chi connectivity index (χ4v) is 5.68. The Hall–Kier alpha value is -3.27. The highest BCUT2D eigenvalue weighted by Gasteiger charge is 2.64. The van der Waals surface area contributed by atoms with E-state index < -0.39 is 29.4 Å². The molecule has 2 aromatic rings. The number of alkyl halides is 3. The number of benzene rings is 2. The molecule has 7 nitrogen and oxygen atoms in total. The van der Waals surface area contributed by atoms with E-state index in [0.29, 0.717) is 16.9 Å². The molecule has 1 N–H and O–H groups in total. The number of carbonyl (C=O) groups is 2. The summed E-state index contributed by atoms with van der Waals surface area (Å²) in [4.78, 5) is 27.1. The van der Waals surface area contributed by atoms with Gasteiger partial charge in [-0.2, -0.15) is 13.2 Å². The van der Waals surface area contributed by atoms with Crippen molar-refractivity contribution in [2.75, 3.05) is 33.9 Å². The summed E-state index contributed by atoms with van der Waals surface area (Å²) in [7, 11) is 2.45. The number of amides is 2. The second-order valence-corrected chi connectivity index (χ2v) is 9.68. The maximum atomic E-state index is 14.6. The summed E-state index contributed by atoms with van der Waals surface area (Å²) >= 11 is 0. The van der Waals surface area contributed by atoms with Gasteiger partial charge in [0.25, 0.3) is 11.5 Å². The number of alkyl carbamates (subject to hydrolysis) is 1. The van der Waals surface area contributed by atoms with Crippen molar-refractivity contribution in [3.63, 3.8) is 0 Å². The third-order valence-electron chi connectivity index (χ3n) is 7.43. The van der Waals surface area contributed by atoms with Gasteiger partial charge in [0, 0.05) is 56.6 Å². The lowest BCUT2D eigenvalue weighted by molar-refractivity contribution is -0.271.